The summed E-state index contributed by atoms with van der Waals surface area (Å²) in [5.74, 6) is 4.12. The second-order valence-electron chi connectivity index (χ2n) is 25.4. The van der Waals surface area contributed by atoms with Crippen LogP contribution in [0.3, 0.4) is 0 Å². The molecule has 0 fully saturated rings. The number of carbonyl (C=O) groups excluding carboxylic acids is 6. The van der Waals surface area contributed by atoms with Gasteiger partial charge in [-0.15, -0.1) is 30.8 Å². The number of anilines is 6. The van der Waals surface area contributed by atoms with Gasteiger partial charge >= 0.3 is 95.1 Å². The van der Waals surface area contributed by atoms with Gasteiger partial charge in [0.1, 0.15) is 45.7 Å². The first-order valence-corrected chi connectivity index (χ1v) is 47.3. The van der Waals surface area contributed by atoms with Gasteiger partial charge in [-0.2, -0.15) is 47.9 Å². The Morgan fingerprint density at radius 1 is 0.540 bits per heavy atom. The molecule has 0 bridgehead atoms. The van der Waals surface area contributed by atoms with Gasteiger partial charge in [0, 0.05) is 170 Å². The number of pyridine rings is 3. The fourth-order valence-electron chi connectivity index (χ4n) is 9.36. The van der Waals surface area contributed by atoms with Crippen LogP contribution in [0.5, 0.6) is 0 Å². The first-order chi connectivity index (χ1) is 64.4. The van der Waals surface area contributed by atoms with E-state index in [0.29, 0.717) is 92.9 Å². The third-order valence-electron chi connectivity index (χ3n) is 15.5. The van der Waals surface area contributed by atoms with Crippen LogP contribution < -0.4 is 146 Å². The molecular weight excluding hydrogens is 2240 g/mol. The Labute approximate surface area is 903 Å². The zero-order valence-electron chi connectivity index (χ0n) is 76.7. The normalized spacial score (nSPS) is 10.6. The number of benzene rings is 7. The van der Waals surface area contributed by atoms with E-state index in [2.05, 4.69) is 106 Å². The Hall–Kier alpha value is -10.6. The van der Waals surface area contributed by atoms with E-state index in [1.54, 1.807) is 224 Å². The predicted molar refractivity (Wildman–Crippen MR) is 546 cm³/mol. The molecule has 0 aliphatic rings. The summed E-state index contributed by atoms with van der Waals surface area (Å²) in [6.45, 7) is 1.39. The number of terminal acetylenes is 3. The number of amides is 8. The molecule has 3 aromatic heterocycles. The number of thiol groups is 1. The summed E-state index contributed by atoms with van der Waals surface area (Å²) in [7, 11) is -3.10. The van der Waals surface area contributed by atoms with Crippen LogP contribution in [-0.4, -0.2) is 198 Å². The molecule has 0 aliphatic carbocycles. The first-order valence-electron chi connectivity index (χ1n) is 39.0. The number of rotatable bonds is 27. The minimum Gasteiger partial charge on any atom is -0.855 e. The summed E-state index contributed by atoms with van der Waals surface area (Å²) in [6, 6.07) is 55.2. The van der Waals surface area contributed by atoms with Crippen molar-refractivity contribution >= 4 is 194 Å². The van der Waals surface area contributed by atoms with Gasteiger partial charge in [0.05, 0.1) is 14.1 Å². The average Bonchev–Trinajstić information content (AvgIpc) is 0.806. The molecule has 8 amide bonds. The van der Waals surface area contributed by atoms with Gasteiger partial charge in [-0.1, -0.05) is 84.5 Å². The topological polar surface area (TPSA) is 574 Å². The van der Waals surface area contributed by atoms with E-state index < -0.39 is 87.7 Å². The SMILES string of the molecule is C.C#Cc1ccc(N=O)cc1.C#Cc1ccc(NC(=O)N[C@H](CS(C)(=O)=O)C(=O)Nc2ccc(-n3ccccc3=O)cc2)cc1.C#Cc1ccc(NC(=O)N[C@H](CSC)C(=O)Nc2ccc(-n3ccccc3=O)cc2)cc1.CC[O-].CI.CSCC(NC(=O)Nc1ccc(Cl)cc1)C(=O)O.CSC[C@@H](N)C(=O)O.N[C@H](CS)C(=O)O.Nc1ccc(-n2ccccc2=O)cc1.O=CO[O-].[3H][B][3H].[Na+].[Na+].[U]. The van der Waals surface area contributed by atoms with Gasteiger partial charge in [-0.3, -0.25) is 52.1 Å². The minimum absolute atomic E-state index is 0. The van der Waals surface area contributed by atoms with Crippen LogP contribution in [0.4, 0.5) is 54.2 Å². The summed E-state index contributed by atoms with van der Waals surface area (Å²) in [5.41, 5.74) is 22.9. The van der Waals surface area contributed by atoms with E-state index in [1.165, 1.54) is 62.6 Å². The van der Waals surface area contributed by atoms with Gasteiger partial charge in [0.2, 0.25) is 11.8 Å². The second kappa shape index (κ2) is 78.4. The third kappa shape index (κ3) is 58.1. The van der Waals surface area contributed by atoms with E-state index in [-0.39, 0.29) is 139 Å². The summed E-state index contributed by atoms with van der Waals surface area (Å²) < 4.78 is 39.7. The molecule has 47 heteroatoms. The number of nitrogens with two attached hydrogens (primary N) is 3. The van der Waals surface area contributed by atoms with Crippen LogP contribution >= 0.6 is 82.1 Å². The van der Waals surface area contributed by atoms with E-state index in [0.717, 1.165) is 17.5 Å². The maximum Gasteiger partial charge on any atom is 1.00 e. The number of nitrogens with zero attached hydrogens (tertiary/aromatic N) is 4. The Balaban J connectivity index is -0.000000520. The number of hydrogen-bond donors (Lipinski definition) is 15. The molecule has 10 aromatic rings. The van der Waals surface area contributed by atoms with Crippen molar-refractivity contribution < 1.29 is 172 Å². The fraction of sp³-hybridized carbons (Fsp3) is 0.200. The first kappa shape index (κ1) is 131. The van der Waals surface area contributed by atoms with E-state index in [4.69, 9.17) is 81.2 Å². The van der Waals surface area contributed by atoms with Crippen LogP contribution in [-0.2, 0) is 43.5 Å². The zero-order chi connectivity index (χ0) is 102. The second-order valence-corrected chi connectivity index (χ2v) is 31.1. The number of hydrogen-bond acceptors (Lipinski definition) is 26. The number of aromatic nitrogens is 3. The molecule has 5 atom stereocenters. The molecule has 1 unspecified atom stereocenters. The predicted octanol–water partition coefficient (Wildman–Crippen LogP) is 2.74. The van der Waals surface area contributed by atoms with Crippen molar-refractivity contribution in [1.82, 2.24) is 29.7 Å². The fourth-order valence-corrected chi connectivity index (χ4v) is 12.1. The third-order valence-corrected chi connectivity index (χ3v) is 19.1. The van der Waals surface area contributed by atoms with Crippen molar-refractivity contribution in [2.24, 2.45) is 16.6 Å². The molecule has 0 spiro atoms. The number of urea groups is 3. The van der Waals surface area contributed by atoms with Gasteiger partial charge < -0.3 is 90.3 Å². The molecule has 17 N–H and O–H groups in total. The molecule has 0 aliphatic heterocycles. The number of alkyl halides is 1. The monoisotopic (exact) mass is 2350 g/mol. The number of aliphatic carboxylic acids is 3. The maximum absolute atomic E-state index is 12.8. The molecule has 0 saturated carbocycles. The van der Waals surface area contributed by atoms with E-state index in [9.17, 15) is 66.1 Å². The van der Waals surface area contributed by atoms with Crippen LogP contribution in [0, 0.1) is 73.1 Å². The zero-order valence-corrected chi connectivity index (χ0v) is 89.9. The molecule has 7 aromatic carbocycles. The van der Waals surface area contributed by atoms with Crippen molar-refractivity contribution in [3.8, 4) is 54.1 Å². The molecule has 1 radical (unpaired) electrons. The van der Waals surface area contributed by atoms with Crippen LogP contribution in [0.15, 0.2) is 263 Å². The Morgan fingerprint density at radius 2 is 0.825 bits per heavy atom. The number of thioether (sulfide) groups is 3. The Bertz CT molecular complexity index is 5770. The molecule has 10 rings (SSSR count). The summed E-state index contributed by atoms with van der Waals surface area (Å²) in [4.78, 5) is 151. The Morgan fingerprint density at radius 3 is 1.09 bits per heavy atom. The number of carboxylic acid groups (broad SMARTS) is 3. The van der Waals surface area contributed by atoms with Gasteiger partial charge in [-0.25, -0.2) is 27.6 Å². The standard InChI is InChI=1S/C24H22N4O5S.C24H22N4O3S.C11H13ClN2O3S.C11H10N2O.C8H5NO.C4H9NO2S.C3H7NO2S.C2H5O.CH3I.CH2O3.CH4.BH2.2Na.U/c1-3-17-7-9-19(10-8-17)26-24(31)27-21(16-34(2,32)33)23(30)25-18-11-13-20(14-12-18)28-15-5-4-6-22(28)29;1-3-17-7-9-19(10-8-17)26-24(31)27-21(16-32-2)23(30)25-18-11-13-20(14-12-18)28-15-5-4-6-22(28)29;1-18-6-9(10(15)16)14-11(17)13-8-4-2-7(12)3-5-8;12-9-4-6-10(7-5-9)13-8-2-1-3-11(13)14;1-2-7-3-5-8(9-10)6-4-7;1-8-2-3(5)4(6)7;4-2(1-7)3(5)6;1-2-3;1-2;2-1-4-3;;;;;/h1,4-15,21H,16H2,2H3,(H,25,30)(H2,26,27,31);1,4-15,21H,16H2,2H3,(H,25,30)(H2,26,27,31);2-5,9H,6H2,1H3,(H,15,16)(H2,13,14,17);1-8H,12H2;1,3-6H;3H,2,5H2,1H3,(H,6,7);2,7H,1,4H2,(H,5,6);2H2,1H3;1H3;1,3H;1H4;1H2;;;/q;;;;;;;-1;;;;;2*+1;/p-1/t2*21-;;;;3-;2-;;;;;;;;/m11...11......../s1/i;;;;;;;;;;;1T2;;;. The van der Waals surface area contributed by atoms with Crippen molar-refractivity contribution in [1.29, 1.82) is 2.67 Å². The van der Waals surface area contributed by atoms with Crippen LogP contribution in [0.2, 0.25) is 5.02 Å². The number of halogens is 2. The largest absolute Gasteiger partial charge is 1.00 e. The molecule has 137 heavy (non-hydrogen) atoms. The molecule has 717 valence electrons. The van der Waals surface area contributed by atoms with Gasteiger partial charge in [0.25, 0.3) is 23.2 Å². The minimum atomic E-state index is -3.60. The number of sulfone groups is 1. The van der Waals surface area contributed by atoms with E-state index in [1.807, 2.05) is 35.6 Å². The van der Waals surface area contributed by atoms with Crippen LogP contribution in [0.25, 0.3) is 17.1 Å². The summed E-state index contributed by atoms with van der Waals surface area (Å²) in [6.07, 6.45) is 27.1. The van der Waals surface area contributed by atoms with Crippen molar-refractivity contribution in [2.45, 2.75) is 44.6 Å². The van der Waals surface area contributed by atoms with Gasteiger partial charge in [-0.05, 0) is 220 Å². The smallest absolute Gasteiger partial charge is 0.855 e. The number of carboxylic acids is 3. The molecule has 0 saturated heterocycles. The summed E-state index contributed by atoms with van der Waals surface area (Å²) in [5, 5.41) is 66.3. The number of nitrogens with one attached hydrogen (secondary N) is 8. The quantitative estimate of drug-likeness (QED) is 0.00336. The molecular formula is C90H103BClIN15Na2O21S5U. The van der Waals surface area contributed by atoms with Crippen molar-refractivity contribution in [3.05, 3.63) is 301 Å². The Kier molecular flexibility index (Phi) is 74.7. The molecule has 3 heterocycles. The molecule has 36 nitrogen and oxygen atoms in total. The van der Waals surface area contributed by atoms with Crippen molar-refractivity contribution in [3.63, 3.8) is 0 Å². The maximum atomic E-state index is 12.8. The van der Waals surface area contributed by atoms with E-state index >= 15 is 0 Å². The number of nitroso groups, excluding NO2 is 1. The number of carbonyl (C=O) groups is 9. The van der Waals surface area contributed by atoms with Crippen LogP contribution in [0.1, 0.15) is 31.0 Å². The summed E-state index contributed by atoms with van der Waals surface area (Å²) >= 11 is 15.7. The number of nitrogen functional groups attached to an aromatic ring is 1. The van der Waals surface area contributed by atoms with Gasteiger partial charge in [0.15, 0.2) is 0 Å². The average molecular weight is 2350 g/mol. The van der Waals surface area contributed by atoms with Crippen molar-refractivity contribution in [2.75, 3.05) is 97.6 Å².